The van der Waals surface area contributed by atoms with E-state index in [1.165, 1.54) is 0 Å². The minimum atomic E-state index is -0.190. The Balaban J connectivity index is 1.94. The van der Waals surface area contributed by atoms with Gasteiger partial charge in [0.15, 0.2) is 17.2 Å². The van der Waals surface area contributed by atoms with E-state index in [9.17, 15) is 4.79 Å². The summed E-state index contributed by atoms with van der Waals surface area (Å²) in [5, 5.41) is 7.10. The van der Waals surface area contributed by atoms with Gasteiger partial charge in [0.1, 0.15) is 0 Å². The summed E-state index contributed by atoms with van der Waals surface area (Å²) in [4.78, 5) is 12.1. The number of halogens is 1. The first-order valence-corrected chi connectivity index (χ1v) is 8.10. The van der Waals surface area contributed by atoms with Crippen LogP contribution in [0.3, 0.4) is 0 Å². The van der Waals surface area contributed by atoms with Crippen LogP contribution in [0.5, 0.6) is 11.5 Å². The maximum Gasteiger partial charge on any atom is 0.272 e. The Hall–Kier alpha value is -2.02. The van der Waals surface area contributed by atoms with Crippen LogP contribution in [0.25, 0.3) is 0 Å². The molecule has 124 valence electrons. The summed E-state index contributed by atoms with van der Waals surface area (Å²) in [5.41, 5.74) is 1.46. The molecular weight excluding hydrogens is 362 g/mol. The maximum absolute atomic E-state index is 12.1. The number of aryl methyl sites for hydroxylation is 1. The summed E-state index contributed by atoms with van der Waals surface area (Å²) in [6.45, 7) is 3.20. The molecule has 0 saturated heterocycles. The number of carbonyl (C=O) groups excluding carboxylic acids is 1. The van der Waals surface area contributed by atoms with Crippen molar-refractivity contribution in [3.05, 3.63) is 40.1 Å². The lowest BCUT2D eigenvalue weighted by atomic mass is 10.1. The highest BCUT2D eigenvalue weighted by Gasteiger charge is 2.14. The summed E-state index contributed by atoms with van der Waals surface area (Å²) in [6, 6.07) is 5.72. The molecule has 23 heavy (non-hydrogen) atoms. The van der Waals surface area contributed by atoms with E-state index >= 15 is 0 Å². The molecule has 7 heteroatoms. The van der Waals surface area contributed by atoms with E-state index in [1.54, 1.807) is 25.1 Å². The molecule has 2 aromatic rings. The van der Waals surface area contributed by atoms with Gasteiger partial charge < -0.3 is 14.8 Å². The Bertz CT molecular complexity index is 685. The second-order valence-electron chi connectivity index (χ2n) is 4.88. The zero-order valence-electron chi connectivity index (χ0n) is 13.4. The first kappa shape index (κ1) is 17.3. The average Bonchev–Trinajstić information content (AvgIpc) is 2.95. The topological polar surface area (TPSA) is 65.4 Å². The molecule has 0 aliphatic rings. The number of rotatable bonds is 7. The molecule has 0 aliphatic carbocycles. The van der Waals surface area contributed by atoms with Gasteiger partial charge in [0.2, 0.25) is 0 Å². The van der Waals surface area contributed by atoms with E-state index in [-0.39, 0.29) is 5.91 Å². The van der Waals surface area contributed by atoms with Crippen molar-refractivity contribution in [2.24, 2.45) is 0 Å². The zero-order chi connectivity index (χ0) is 16.8. The van der Waals surface area contributed by atoms with Crippen molar-refractivity contribution in [1.29, 1.82) is 0 Å². The van der Waals surface area contributed by atoms with Crippen molar-refractivity contribution in [3.63, 3.8) is 0 Å². The molecule has 0 saturated carbocycles. The summed E-state index contributed by atoms with van der Waals surface area (Å²) in [7, 11) is 3.20. The molecule has 6 nitrogen and oxygen atoms in total. The molecule has 0 spiro atoms. The summed E-state index contributed by atoms with van der Waals surface area (Å²) < 4.78 is 12.9. The Kier molecular flexibility index (Phi) is 6.04. The average molecular weight is 382 g/mol. The fourth-order valence-electron chi connectivity index (χ4n) is 2.15. The van der Waals surface area contributed by atoms with Crippen LogP contribution in [-0.4, -0.2) is 36.5 Å². The molecule has 0 fully saturated rings. The van der Waals surface area contributed by atoms with Crippen LogP contribution in [0, 0.1) is 0 Å². The first-order valence-electron chi connectivity index (χ1n) is 7.31. The molecule has 2 rings (SSSR count). The van der Waals surface area contributed by atoms with Crippen molar-refractivity contribution >= 4 is 21.8 Å². The molecule has 1 aromatic heterocycles. The van der Waals surface area contributed by atoms with Gasteiger partial charge >= 0.3 is 0 Å². The molecule has 1 amide bonds. The van der Waals surface area contributed by atoms with E-state index in [2.05, 4.69) is 26.3 Å². The Labute approximate surface area is 143 Å². The maximum atomic E-state index is 12.1. The fourth-order valence-corrected chi connectivity index (χ4v) is 2.65. The molecule has 0 unspecified atom stereocenters. The molecule has 1 heterocycles. The lowest BCUT2D eigenvalue weighted by Crippen LogP contribution is -2.26. The van der Waals surface area contributed by atoms with Crippen LogP contribution < -0.4 is 14.8 Å². The monoisotopic (exact) mass is 381 g/mol. The SMILES string of the molecule is CCn1cc(Br)c(C(=O)NCCc2ccc(OC)c(OC)c2)n1. The lowest BCUT2D eigenvalue weighted by molar-refractivity contribution is 0.0947. The normalized spacial score (nSPS) is 10.4. The van der Waals surface area contributed by atoms with Crippen LogP contribution in [0.15, 0.2) is 28.9 Å². The van der Waals surface area contributed by atoms with E-state index in [1.807, 2.05) is 25.1 Å². The van der Waals surface area contributed by atoms with Crippen molar-refractivity contribution < 1.29 is 14.3 Å². The molecular formula is C16H20BrN3O3. The van der Waals surface area contributed by atoms with Gasteiger partial charge in [0.25, 0.3) is 5.91 Å². The highest BCUT2D eigenvalue weighted by molar-refractivity contribution is 9.10. The standard InChI is InChI=1S/C16H20BrN3O3/c1-4-20-10-12(17)15(19-20)16(21)18-8-7-11-5-6-13(22-2)14(9-11)23-3/h5-6,9-10H,4,7-8H2,1-3H3,(H,18,21). The highest BCUT2D eigenvalue weighted by atomic mass is 79.9. The van der Waals surface area contributed by atoms with Crippen molar-refractivity contribution in [2.75, 3.05) is 20.8 Å². The second kappa shape index (κ2) is 8.01. The van der Waals surface area contributed by atoms with Gasteiger partial charge in [-0.25, -0.2) is 0 Å². The second-order valence-corrected chi connectivity index (χ2v) is 5.73. The van der Waals surface area contributed by atoms with E-state index in [0.29, 0.717) is 34.6 Å². The van der Waals surface area contributed by atoms with Crippen LogP contribution in [-0.2, 0) is 13.0 Å². The lowest BCUT2D eigenvalue weighted by Gasteiger charge is -2.10. The van der Waals surface area contributed by atoms with Gasteiger partial charge in [-0.3, -0.25) is 9.48 Å². The van der Waals surface area contributed by atoms with Gasteiger partial charge in [0.05, 0.1) is 18.7 Å². The van der Waals surface area contributed by atoms with Crippen molar-refractivity contribution in [1.82, 2.24) is 15.1 Å². The van der Waals surface area contributed by atoms with Gasteiger partial charge in [-0.05, 0) is 47.0 Å². The summed E-state index contributed by atoms with van der Waals surface area (Å²) in [5.74, 6) is 1.18. The van der Waals surface area contributed by atoms with Gasteiger partial charge in [0, 0.05) is 19.3 Å². The Morgan fingerprint density at radius 1 is 1.30 bits per heavy atom. The molecule has 0 bridgehead atoms. The number of hydrogen-bond donors (Lipinski definition) is 1. The third-order valence-electron chi connectivity index (χ3n) is 3.40. The molecule has 0 atom stereocenters. The van der Waals surface area contributed by atoms with Crippen LogP contribution in [0.1, 0.15) is 23.0 Å². The van der Waals surface area contributed by atoms with Crippen molar-refractivity contribution in [3.8, 4) is 11.5 Å². The molecule has 0 radical (unpaired) electrons. The van der Waals surface area contributed by atoms with Crippen molar-refractivity contribution in [2.45, 2.75) is 19.9 Å². The Morgan fingerprint density at radius 3 is 2.65 bits per heavy atom. The van der Waals surface area contributed by atoms with E-state index in [0.717, 1.165) is 12.1 Å². The van der Waals surface area contributed by atoms with Crippen LogP contribution in [0.4, 0.5) is 0 Å². The van der Waals surface area contributed by atoms with Crippen LogP contribution in [0.2, 0.25) is 0 Å². The molecule has 0 aliphatic heterocycles. The number of ether oxygens (including phenoxy) is 2. The number of nitrogens with one attached hydrogen (secondary N) is 1. The third kappa shape index (κ3) is 4.25. The number of hydrogen-bond acceptors (Lipinski definition) is 4. The minimum absolute atomic E-state index is 0.190. The smallest absolute Gasteiger partial charge is 0.272 e. The third-order valence-corrected chi connectivity index (χ3v) is 3.98. The Morgan fingerprint density at radius 2 is 2.04 bits per heavy atom. The quantitative estimate of drug-likeness (QED) is 0.800. The zero-order valence-corrected chi connectivity index (χ0v) is 15.0. The van der Waals surface area contributed by atoms with Crippen LogP contribution >= 0.6 is 15.9 Å². The van der Waals surface area contributed by atoms with Gasteiger partial charge in [-0.2, -0.15) is 5.10 Å². The predicted molar refractivity (Wildman–Crippen MR) is 91.2 cm³/mol. The summed E-state index contributed by atoms with van der Waals surface area (Å²) >= 11 is 3.36. The highest BCUT2D eigenvalue weighted by Crippen LogP contribution is 2.27. The molecule has 1 aromatic carbocycles. The fraction of sp³-hybridized carbons (Fsp3) is 0.375. The van der Waals surface area contributed by atoms with Gasteiger partial charge in [-0.1, -0.05) is 6.07 Å². The van der Waals surface area contributed by atoms with Gasteiger partial charge in [-0.15, -0.1) is 0 Å². The number of aromatic nitrogens is 2. The number of benzene rings is 1. The number of methoxy groups -OCH3 is 2. The number of carbonyl (C=O) groups is 1. The number of amides is 1. The predicted octanol–water partition coefficient (Wildman–Crippen LogP) is 2.66. The largest absolute Gasteiger partial charge is 0.493 e. The summed E-state index contributed by atoms with van der Waals surface area (Å²) in [6.07, 6.45) is 2.49. The van der Waals surface area contributed by atoms with E-state index < -0.39 is 0 Å². The minimum Gasteiger partial charge on any atom is -0.493 e. The first-order chi connectivity index (χ1) is 11.1. The number of nitrogens with zero attached hydrogens (tertiary/aromatic N) is 2. The molecule has 1 N–H and O–H groups in total. The van der Waals surface area contributed by atoms with E-state index in [4.69, 9.17) is 9.47 Å².